The van der Waals surface area contributed by atoms with Crippen LogP contribution in [0, 0.1) is 12.8 Å². The highest BCUT2D eigenvalue weighted by Crippen LogP contribution is 2.27. The summed E-state index contributed by atoms with van der Waals surface area (Å²) < 4.78 is 28.2. The van der Waals surface area contributed by atoms with Gasteiger partial charge >= 0.3 is 0 Å². The van der Waals surface area contributed by atoms with Gasteiger partial charge in [0, 0.05) is 17.2 Å². The molecule has 0 unspecified atom stereocenters. The number of nitrogens with one attached hydrogen (secondary N) is 1. The molecule has 1 rings (SSSR count). The fraction of sp³-hybridized carbons (Fsp3) is 0.500. The fourth-order valence-corrected chi connectivity index (χ4v) is 2.68. The van der Waals surface area contributed by atoms with Crippen molar-refractivity contribution in [3.8, 4) is 5.75 Å². The smallest absolute Gasteiger partial charge is 0.264 e. The molecule has 21 heavy (non-hydrogen) atoms. The van der Waals surface area contributed by atoms with Gasteiger partial charge in [0.15, 0.2) is 6.61 Å². The number of aryl methyl sites for hydroxylation is 1. The molecule has 0 aliphatic rings. The zero-order valence-corrected chi connectivity index (χ0v) is 13.9. The molecule has 0 saturated carbocycles. The van der Waals surface area contributed by atoms with E-state index < -0.39 is 9.05 Å². The molecule has 0 atom stereocenters. The number of amides is 1. The molecule has 1 aromatic rings. The first-order valence-corrected chi connectivity index (χ1v) is 8.96. The van der Waals surface area contributed by atoms with E-state index in [0.717, 1.165) is 12.0 Å². The highest BCUT2D eigenvalue weighted by atomic mass is 35.7. The summed E-state index contributed by atoms with van der Waals surface area (Å²) in [5.74, 6) is 0.278. The molecule has 0 aliphatic carbocycles. The summed E-state index contributed by atoms with van der Waals surface area (Å²) in [4.78, 5) is 11.5. The lowest BCUT2D eigenvalue weighted by Gasteiger charge is -2.11. The summed E-state index contributed by atoms with van der Waals surface area (Å²) >= 11 is 0. The van der Waals surface area contributed by atoms with Crippen molar-refractivity contribution in [3.63, 3.8) is 0 Å². The maximum Gasteiger partial charge on any atom is 0.264 e. The third kappa shape index (κ3) is 6.35. The van der Waals surface area contributed by atoms with Gasteiger partial charge in [0.05, 0.1) is 0 Å². The molecule has 7 heteroatoms. The van der Waals surface area contributed by atoms with Crippen LogP contribution in [0.1, 0.15) is 25.8 Å². The Balaban J connectivity index is 2.66. The lowest BCUT2D eigenvalue weighted by molar-refractivity contribution is -0.123. The number of benzene rings is 1. The zero-order chi connectivity index (χ0) is 16.0. The number of ether oxygens (including phenoxy) is 1. The van der Waals surface area contributed by atoms with Gasteiger partial charge in [-0.05, 0) is 37.0 Å². The number of hydrogen-bond donors (Lipinski definition) is 1. The quantitative estimate of drug-likeness (QED) is 0.778. The number of hydrogen-bond acceptors (Lipinski definition) is 4. The van der Waals surface area contributed by atoms with Crippen molar-refractivity contribution in [3.05, 3.63) is 23.8 Å². The topological polar surface area (TPSA) is 72.5 Å². The van der Waals surface area contributed by atoms with Gasteiger partial charge in [-0.1, -0.05) is 19.9 Å². The summed E-state index contributed by atoms with van der Waals surface area (Å²) in [6.45, 7) is 6.18. The fourth-order valence-electron chi connectivity index (χ4n) is 1.62. The molecule has 0 heterocycles. The van der Waals surface area contributed by atoms with Crippen molar-refractivity contribution >= 4 is 25.6 Å². The third-order valence-corrected chi connectivity index (χ3v) is 4.11. The van der Waals surface area contributed by atoms with E-state index in [1.165, 1.54) is 12.1 Å². The van der Waals surface area contributed by atoms with E-state index in [1.54, 1.807) is 13.0 Å². The minimum Gasteiger partial charge on any atom is -0.482 e. The van der Waals surface area contributed by atoms with Crippen LogP contribution in [0.3, 0.4) is 0 Å². The lowest BCUT2D eigenvalue weighted by atomic mass is 10.1. The van der Waals surface area contributed by atoms with Gasteiger partial charge in [0.25, 0.3) is 15.0 Å². The molecule has 5 nitrogen and oxygen atoms in total. The average molecular weight is 334 g/mol. The van der Waals surface area contributed by atoms with Crippen LogP contribution in [-0.4, -0.2) is 27.5 Å². The van der Waals surface area contributed by atoms with Crippen LogP contribution in [-0.2, 0) is 13.8 Å². The standard InChI is InChI=1S/C14H20ClNO4S/c1-10(2)6-7-16-14(17)9-20-12-5-4-11(3)8-13(12)21(15,18)19/h4-5,8,10H,6-7,9H2,1-3H3,(H,16,17). The summed E-state index contributed by atoms with van der Waals surface area (Å²) in [6, 6.07) is 4.60. The van der Waals surface area contributed by atoms with E-state index in [1.807, 2.05) is 0 Å². The predicted octanol–water partition coefficient (Wildman–Crippen LogP) is 2.46. The van der Waals surface area contributed by atoms with Crippen LogP contribution < -0.4 is 10.1 Å². The van der Waals surface area contributed by atoms with E-state index in [9.17, 15) is 13.2 Å². The van der Waals surface area contributed by atoms with Crippen molar-refractivity contribution in [1.82, 2.24) is 5.32 Å². The molecule has 118 valence electrons. The number of carbonyl (C=O) groups excluding carboxylic acids is 1. The first-order chi connectivity index (χ1) is 9.70. The molecule has 1 aromatic carbocycles. The van der Waals surface area contributed by atoms with Crippen LogP contribution in [0.25, 0.3) is 0 Å². The lowest BCUT2D eigenvalue weighted by Crippen LogP contribution is -2.30. The Morgan fingerprint density at radius 2 is 2.05 bits per heavy atom. The molecule has 0 bridgehead atoms. The highest BCUT2D eigenvalue weighted by Gasteiger charge is 2.17. The third-order valence-electron chi connectivity index (χ3n) is 2.76. The monoisotopic (exact) mass is 333 g/mol. The Bertz CT molecular complexity index is 599. The van der Waals surface area contributed by atoms with Crippen LogP contribution in [0.4, 0.5) is 0 Å². The maximum atomic E-state index is 11.6. The zero-order valence-electron chi connectivity index (χ0n) is 12.3. The number of rotatable bonds is 7. The first kappa shape index (κ1) is 17.8. The Hall–Kier alpha value is -1.27. The number of halogens is 1. The second-order valence-corrected chi connectivity index (χ2v) is 7.74. The van der Waals surface area contributed by atoms with Crippen LogP contribution in [0.15, 0.2) is 23.1 Å². The van der Waals surface area contributed by atoms with Crippen LogP contribution in [0.5, 0.6) is 5.75 Å². The molecule has 0 aliphatic heterocycles. The average Bonchev–Trinajstić information content (AvgIpc) is 2.35. The normalized spacial score (nSPS) is 11.5. The van der Waals surface area contributed by atoms with E-state index in [-0.39, 0.29) is 23.2 Å². The largest absolute Gasteiger partial charge is 0.482 e. The SMILES string of the molecule is Cc1ccc(OCC(=O)NCCC(C)C)c(S(=O)(=O)Cl)c1. The summed E-state index contributed by atoms with van der Waals surface area (Å²) in [5.41, 5.74) is 0.739. The molecule has 0 radical (unpaired) electrons. The van der Waals surface area contributed by atoms with Gasteiger partial charge < -0.3 is 10.1 Å². The van der Waals surface area contributed by atoms with Crippen molar-refractivity contribution in [2.75, 3.05) is 13.2 Å². The second-order valence-electron chi connectivity index (χ2n) is 5.21. The van der Waals surface area contributed by atoms with Gasteiger partial charge in [-0.2, -0.15) is 0 Å². The van der Waals surface area contributed by atoms with Gasteiger partial charge in [0.1, 0.15) is 10.6 Å². The summed E-state index contributed by atoms with van der Waals surface area (Å²) in [6.07, 6.45) is 0.873. The van der Waals surface area contributed by atoms with Crippen LogP contribution in [0.2, 0.25) is 0 Å². The summed E-state index contributed by atoms with van der Waals surface area (Å²) in [5, 5.41) is 2.71. The van der Waals surface area contributed by atoms with Gasteiger partial charge in [-0.3, -0.25) is 4.79 Å². The minimum atomic E-state index is -3.92. The van der Waals surface area contributed by atoms with E-state index >= 15 is 0 Å². The van der Waals surface area contributed by atoms with E-state index in [2.05, 4.69) is 19.2 Å². The Labute approximate surface area is 130 Å². The van der Waals surface area contributed by atoms with Crippen molar-refractivity contribution in [1.29, 1.82) is 0 Å². The Morgan fingerprint density at radius 1 is 1.38 bits per heavy atom. The highest BCUT2D eigenvalue weighted by molar-refractivity contribution is 8.13. The van der Waals surface area contributed by atoms with Gasteiger partial charge in [-0.15, -0.1) is 0 Å². The minimum absolute atomic E-state index is 0.0783. The van der Waals surface area contributed by atoms with Gasteiger partial charge in [0.2, 0.25) is 0 Å². The van der Waals surface area contributed by atoms with E-state index in [0.29, 0.717) is 12.5 Å². The molecule has 1 N–H and O–H groups in total. The molecule has 0 spiro atoms. The maximum absolute atomic E-state index is 11.6. The predicted molar refractivity (Wildman–Crippen MR) is 82.2 cm³/mol. The molecule has 1 amide bonds. The van der Waals surface area contributed by atoms with Crippen molar-refractivity contribution < 1.29 is 17.9 Å². The van der Waals surface area contributed by atoms with E-state index in [4.69, 9.17) is 15.4 Å². The molecule has 0 saturated heterocycles. The Kier molecular flexibility index (Phi) is 6.48. The number of carbonyl (C=O) groups is 1. The van der Waals surface area contributed by atoms with Crippen molar-refractivity contribution in [2.24, 2.45) is 5.92 Å². The molecular formula is C14H20ClNO4S. The molecular weight excluding hydrogens is 314 g/mol. The second kappa shape index (κ2) is 7.66. The van der Waals surface area contributed by atoms with Crippen molar-refractivity contribution in [2.45, 2.75) is 32.1 Å². The molecule has 0 aromatic heterocycles. The van der Waals surface area contributed by atoms with Gasteiger partial charge in [-0.25, -0.2) is 8.42 Å². The Morgan fingerprint density at radius 3 is 2.62 bits per heavy atom. The first-order valence-electron chi connectivity index (χ1n) is 6.65. The summed E-state index contributed by atoms with van der Waals surface area (Å²) in [7, 11) is 1.44. The molecule has 0 fully saturated rings. The van der Waals surface area contributed by atoms with Crippen LogP contribution >= 0.6 is 10.7 Å².